The molecule has 0 bridgehead atoms. The second-order valence-electron chi connectivity index (χ2n) is 6.13. The summed E-state index contributed by atoms with van der Waals surface area (Å²) in [5.74, 6) is 0.608. The minimum atomic E-state index is -0.311. The quantitative estimate of drug-likeness (QED) is 0.812. The Morgan fingerprint density at radius 2 is 2.00 bits per heavy atom. The van der Waals surface area contributed by atoms with Crippen molar-refractivity contribution >= 4 is 5.91 Å². The lowest BCUT2D eigenvalue weighted by atomic mass is 9.95. The number of aromatic amines is 1. The van der Waals surface area contributed by atoms with Gasteiger partial charge in [0.15, 0.2) is 0 Å². The first-order chi connectivity index (χ1) is 7.80. The van der Waals surface area contributed by atoms with Crippen LogP contribution in [0, 0.1) is 5.41 Å². The van der Waals surface area contributed by atoms with Crippen LogP contribution in [0.3, 0.4) is 0 Å². The highest BCUT2D eigenvalue weighted by Gasteiger charge is 2.33. The number of fused-ring (bicyclic) bond motifs is 1. The van der Waals surface area contributed by atoms with Crippen molar-refractivity contribution in [3.63, 3.8) is 0 Å². The van der Waals surface area contributed by atoms with Gasteiger partial charge in [0, 0.05) is 17.5 Å². The summed E-state index contributed by atoms with van der Waals surface area (Å²) in [6.45, 7) is 11.5. The Balaban J connectivity index is 2.20. The Morgan fingerprint density at radius 1 is 1.35 bits per heavy atom. The topological polar surface area (TPSA) is 49.0 Å². The van der Waals surface area contributed by atoms with E-state index in [-0.39, 0.29) is 11.3 Å². The van der Waals surface area contributed by atoms with E-state index in [9.17, 15) is 4.79 Å². The molecule has 1 aliphatic heterocycles. The zero-order valence-electron chi connectivity index (χ0n) is 11.3. The summed E-state index contributed by atoms with van der Waals surface area (Å²) in [4.78, 5) is 14.1. The molecule has 0 saturated heterocycles. The van der Waals surface area contributed by atoms with Crippen molar-refractivity contribution in [1.82, 2.24) is 15.1 Å². The van der Waals surface area contributed by atoms with E-state index in [2.05, 4.69) is 24.0 Å². The minimum Gasteiger partial charge on any atom is -0.332 e. The van der Waals surface area contributed by atoms with E-state index >= 15 is 0 Å². The number of rotatable bonds is 1. The molecule has 0 atom stereocenters. The molecule has 0 saturated carbocycles. The van der Waals surface area contributed by atoms with E-state index in [0.29, 0.717) is 19.0 Å². The molecule has 0 fully saturated rings. The van der Waals surface area contributed by atoms with Crippen LogP contribution in [0.2, 0.25) is 0 Å². The van der Waals surface area contributed by atoms with Gasteiger partial charge in [0.1, 0.15) is 0 Å². The summed E-state index contributed by atoms with van der Waals surface area (Å²) in [5.41, 5.74) is 3.11. The number of H-pyrrole nitrogens is 1. The molecule has 17 heavy (non-hydrogen) atoms. The van der Waals surface area contributed by atoms with Crippen LogP contribution in [0.15, 0.2) is 0 Å². The Morgan fingerprint density at radius 3 is 2.53 bits per heavy atom. The van der Waals surface area contributed by atoms with Crippen molar-refractivity contribution in [3.05, 3.63) is 17.0 Å². The molecule has 1 aromatic rings. The van der Waals surface area contributed by atoms with Crippen molar-refractivity contribution in [2.24, 2.45) is 5.41 Å². The molecule has 0 radical (unpaired) electrons. The van der Waals surface area contributed by atoms with Crippen molar-refractivity contribution in [2.45, 2.75) is 53.6 Å². The van der Waals surface area contributed by atoms with Crippen LogP contribution in [0.25, 0.3) is 0 Å². The highest BCUT2D eigenvalue weighted by molar-refractivity contribution is 5.82. The Hall–Kier alpha value is -1.32. The number of aromatic nitrogens is 2. The molecule has 2 heterocycles. The number of amides is 1. The fraction of sp³-hybridized carbons (Fsp3) is 0.692. The predicted octanol–water partition coefficient (Wildman–Crippen LogP) is 2.42. The number of nitrogens with zero attached hydrogens (tertiary/aromatic N) is 2. The van der Waals surface area contributed by atoms with E-state index in [1.54, 1.807) is 0 Å². The molecule has 4 nitrogen and oxygen atoms in total. The highest BCUT2D eigenvalue weighted by atomic mass is 16.2. The zero-order chi connectivity index (χ0) is 12.8. The molecular formula is C13H21N3O. The zero-order valence-corrected chi connectivity index (χ0v) is 11.3. The maximum atomic E-state index is 12.2. The van der Waals surface area contributed by atoms with Gasteiger partial charge in [-0.1, -0.05) is 34.6 Å². The Bertz CT molecular complexity index is 440. The number of carbonyl (C=O) groups excluding carboxylic acids is 1. The van der Waals surface area contributed by atoms with Crippen LogP contribution < -0.4 is 0 Å². The van der Waals surface area contributed by atoms with Crippen LogP contribution in [0.1, 0.15) is 57.5 Å². The smallest absolute Gasteiger partial charge is 0.228 e. The van der Waals surface area contributed by atoms with Gasteiger partial charge in [-0.2, -0.15) is 5.10 Å². The van der Waals surface area contributed by atoms with Crippen LogP contribution in [0.4, 0.5) is 0 Å². The molecular weight excluding hydrogens is 214 g/mol. The summed E-state index contributed by atoms with van der Waals surface area (Å²) in [6, 6.07) is 0. The van der Waals surface area contributed by atoms with Gasteiger partial charge >= 0.3 is 0 Å². The summed E-state index contributed by atoms with van der Waals surface area (Å²) in [7, 11) is 0. The first-order valence-electron chi connectivity index (χ1n) is 6.16. The molecule has 1 amide bonds. The van der Waals surface area contributed by atoms with Gasteiger partial charge in [0.2, 0.25) is 5.91 Å². The number of hydrogen-bond acceptors (Lipinski definition) is 2. The monoisotopic (exact) mass is 235 g/mol. The maximum Gasteiger partial charge on any atom is 0.228 e. The third-order valence-electron chi connectivity index (χ3n) is 3.16. The van der Waals surface area contributed by atoms with Gasteiger partial charge in [-0.05, 0) is 5.92 Å². The summed E-state index contributed by atoms with van der Waals surface area (Å²) < 4.78 is 0. The number of nitrogens with one attached hydrogen (secondary N) is 1. The lowest BCUT2D eigenvalue weighted by molar-refractivity contribution is -0.140. The van der Waals surface area contributed by atoms with Crippen LogP contribution in [-0.2, 0) is 17.9 Å². The summed E-state index contributed by atoms with van der Waals surface area (Å²) >= 11 is 0. The van der Waals surface area contributed by atoms with Gasteiger partial charge < -0.3 is 4.90 Å². The lowest BCUT2D eigenvalue weighted by Gasteiger charge is -2.25. The van der Waals surface area contributed by atoms with E-state index in [4.69, 9.17) is 0 Å². The van der Waals surface area contributed by atoms with E-state index in [1.807, 2.05) is 25.7 Å². The summed E-state index contributed by atoms with van der Waals surface area (Å²) in [6.07, 6.45) is 0. The molecule has 2 rings (SSSR count). The second kappa shape index (κ2) is 3.86. The molecule has 1 aliphatic rings. The Kier molecular flexibility index (Phi) is 2.76. The number of hydrogen-bond donors (Lipinski definition) is 1. The third kappa shape index (κ3) is 2.08. The van der Waals surface area contributed by atoms with Crippen LogP contribution in [0.5, 0.6) is 0 Å². The van der Waals surface area contributed by atoms with Crippen LogP contribution in [-0.4, -0.2) is 21.0 Å². The first-order valence-corrected chi connectivity index (χ1v) is 6.16. The van der Waals surface area contributed by atoms with Crippen molar-refractivity contribution in [2.75, 3.05) is 0 Å². The van der Waals surface area contributed by atoms with Gasteiger partial charge in [-0.25, -0.2) is 0 Å². The van der Waals surface area contributed by atoms with Crippen molar-refractivity contribution in [3.8, 4) is 0 Å². The molecule has 0 aliphatic carbocycles. The average molecular weight is 235 g/mol. The number of carbonyl (C=O) groups is 1. The fourth-order valence-corrected chi connectivity index (χ4v) is 2.26. The van der Waals surface area contributed by atoms with Crippen LogP contribution >= 0.6 is 0 Å². The largest absolute Gasteiger partial charge is 0.332 e. The van der Waals surface area contributed by atoms with Gasteiger partial charge in [0.05, 0.1) is 17.9 Å². The fourth-order valence-electron chi connectivity index (χ4n) is 2.26. The SMILES string of the molecule is CC(C)c1n[nH]c2c1CN(C(=O)C(C)(C)C)C2. The van der Waals surface area contributed by atoms with Gasteiger partial charge in [0.25, 0.3) is 0 Å². The molecule has 0 spiro atoms. The predicted molar refractivity (Wildman–Crippen MR) is 66.4 cm³/mol. The molecule has 1 N–H and O–H groups in total. The highest BCUT2D eigenvalue weighted by Crippen LogP contribution is 2.30. The standard InChI is InChI=1S/C13H21N3O/c1-8(2)11-9-6-16(7-10(9)14-15-11)12(17)13(3,4)5/h8H,6-7H2,1-5H3,(H,14,15). The van der Waals surface area contributed by atoms with Crippen molar-refractivity contribution < 1.29 is 4.79 Å². The van der Waals surface area contributed by atoms with Gasteiger partial charge in [-0.3, -0.25) is 9.89 Å². The maximum absolute atomic E-state index is 12.2. The first kappa shape index (κ1) is 12.1. The summed E-state index contributed by atoms with van der Waals surface area (Å²) in [5, 5.41) is 7.39. The molecule has 1 aromatic heterocycles. The lowest BCUT2D eigenvalue weighted by Crippen LogP contribution is -2.36. The minimum absolute atomic E-state index is 0.205. The third-order valence-corrected chi connectivity index (χ3v) is 3.16. The molecule has 4 heteroatoms. The van der Waals surface area contributed by atoms with E-state index < -0.39 is 0 Å². The molecule has 0 unspecified atom stereocenters. The average Bonchev–Trinajstić information content (AvgIpc) is 2.71. The van der Waals surface area contributed by atoms with E-state index in [1.165, 1.54) is 5.56 Å². The van der Waals surface area contributed by atoms with Crippen molar-refractivity contribution in [1.29, 1.82) is 0 Å². The second-order valence-corrected chi connectivity index (χ2v) is 6.13. The van der Waals surface area contributed by atoms with Gasteiger partial charge in [-0.15, -0.1) is 0 Å². The molecule has 94 valence electrons. The molecule has 0 aromatic carbocycles. The normalized spacial score (nSPS) is 15.5. The van der Waals surface area contributed by atoms with E-state index in [0.717, 1.165) is 11.4 Å². The Labute approximate surface area is 102 Å².